The first-order chi connectivity index (χ1) is 9.68. The summed E-state index contributed by atoms with van der Waals surface area (Å²) in [6.45, 7) is 2.98. The maximum absolute atomic E-state index is 13.3. The molecule has 5 heteroatoms. The van der Waals surface area contributed by atoms with E-state index in [9.17, 15) is 9.18 Å². The number of likely N-dealkylation sites (tertiary alicyclic amines) is 1. The zero-order chi connectivity index (χ0) is 14.4. The number of hydrogen-bond acceptors (Lipinski definition) is 2. The molecule has 0 radical (unpaired) electrons. The molecule has 0 bridgehead atoms. The lowest BCUT2D eigenvalue weighted by molar-refractivity contribution is -0.131. The van der Waals surface area contributed by atoms with Crippen molar-refractivity contribution in [3.05, 3.63) is 34.1 Å². The van der Waals surface area contributed by atoms with Crippen LogP contribution in [0.3, 0.4) is 0 Å². The van der Waals surface area contributed by atoms with Crippen LogP contribution in [-0.2, 0) is 11.3 Å². The molecule has 0 aromatic heterocycles. The van der Waals surface area contributed by atoms with Gasteiger partial charge in [-0.3, -0.25) is 4.79 Å². The van der Waals surface area contributed by atoms with Crippen LogP contribution < -0.4 is 5.32 Å². The second kappa shape index (κ2) is 7.74. The van der Waals surface area contributed by atoms with E-state index in [-0.39, 0.29) is 11.7 Å². The van der Waals surface area contributed by atoms with Crippen molar-refractivity contribution < 1.29 is 9.18 Å². The largest absolute Gasteiger partial charge is 0.343 e. The van der Waals surface area contributed by atoms with Gasteiger partial charge in [0.05, 0.1) is 4.47 Å². The van der Waals surface area contributed by atoms with Crippen LogP contribution in [0.5, 0.6) is 0 Å². The molecule has 0 aliphatic carbocycles. The van der Waals surface area contributed by atoms with Gasteiger partial charge >= 0.3 is 0 Å². The van der Waals surface area contributed by atoms with Gasteiger partial charge in [-0.25, -0.2) is 4.39 Å². The molecule has 0 atom stereocenters. The van der Waals surface area contributed by atoms with E-state index < -0.39 is 0 Å². The smallest absolute Gasteiger partial charge is 0.223 e. The molecular weight excluding hydrogens is 323 g/mol. The molecule has 1 amide bonds. The second-order valence-corrected chi connectivity index (χ2v) is 5.87. The Morgan fingerprint density at radius 2 is 2.05 bits per heavy atom. The van der Waals surface area contributed by atoms with Gasteiger partial charge in [-0.15, -0.1) is 0 Å². The van der Waals surface area contributed by atoms with E-state index in [1.54, 1.807) is 6.07 Å². The van der Waals surface area contributed by atoms with Crippen LogP contribution in [0.1, 0.15) is 31.2 Å². The van der Waals surface area contributed by atoms with Crippen molar-refractivity contribution in [3.8, 4) is 0 Å². The van der Waals surface area contributed by atoms with E-state index in [1.807, 2.05) is 11.0 Å². The van der Waals surface area contributed by atoms with Crippen molar-refractivity contribution in [1.82, 2.24) is 10.2 Å². The molecule has 110 valence electrons. The summed E-state index contributed by atoms with van der Waals surface area (Å²) in [5, 5.41) is 3.20. The van der Waals surface area contributed by atoms with Crippen molar-refractivity contribution in [2.45, 2.75) is 32.2 Å². The third-order valence-corrected chi connectivity index (χ3v) is 4.46. The molecule has 2 rings (SSSR count). The first-order valence-electron chi connectivity index (χ1n) is 7.10. The molecule has 1 heterocycles. The predicted molar refractivity (Wildman–Crippen MR) is 80.9 cm³/mol. The molecular formula is C15H20BrFN2O. The maximum Gasteiger partial charge on any atom is 0.223 e. The second-order valence-electron chi connectivity index (χ2n) is 5.08. The molecule has 0 unspecified atom stereocenters. The standard InChI is InChI=1S/C15H20BrFN2O/c16-15-12(5-4-6-13(15)17)11-18-8-7-14(20)19-9-2-1-3-10-19/h4-6,18H,1-3,7-11H2. The number of hydrogen-bond donors (Lipinski definition) is 1. The Bertz CT molecular complexity index is 461. The van der Waals surface area contributed by atoms with Crippen molar-refractivity contribution >= 4 is 21.8 Å². The lowest BCUT2D eigenvalue weighted by atomic mass is 10.1. The average molecular weight is 343 g/mol. The molecule has 1 aromatic carbocycles. The number of carbonyl (C=O) groups excluding carboxylic acids is 1. The number of nitrogens with one attached hydrogen (secondary N) is 1. The van der Waals surface area contributed by atoms with E-state index in [2.05, 4.69) is 21.2 Å². The van der Waals surface area contributed by atoms with Crippen LogP contribution in [0.15, 0.2) is 22.7 Å². The van der Waals surface area contributed by atoms with Crippen LogP contribution in [0.2, 0.25) is 0 Å². The first-order valence-corrected chi connectivity index (χ1v) is 7.89. The van der Waals surface area contributed by atoms with Crippen LogP contribution in [0.4, 0.5) is 4.39 Å². The van der Waals surface area contributed by atoms with Gasteiger partial charge in [0.1, 0.15) is 5.82 Å². The SMILES string of the molecule is O=C(CCNCc1cccc(F)c1Br)N1CCCCC1. The van der Waals surface area contributed by atoms with Crippen molar-refractivity contribution in [2.75, 3.05) is 19.6 Å². The Hall–Kier alpha value is -0.940. The molecule has 1 aliphatic heterocycles. The minimum atomic E-state index is -0.256. The maximum atomic E-state index is 13.3. The third-order valence-electron chi connectivity index (χ3n) is 3.57. The minimum Gasteiger partial charge on any atom is -0.343 e. The van der Waals surface area contributed by atoms with Crippen molar-refractivity contribution in [1.29, 1.82) is 0 Å². The molecule has 1 saturated heterocycles. The fraction of sp³-hybridized carbons (Fsp3) is 0.533. The Labute approximate surface area is 127 Å². The number of rotatable bonds is 5. The van der Waals surface area contributed by atoms with E-state index in [4.69, 9.17) is 0 Å². The lowest BCUT2D eigenvalue weighted by Gasteiger charge is -2.26. The summed E-state index contributed by atoms with van der Waals surface area (Å²) in [5.41, 5.74) is 0.871. The number of piperidine rings is 1. The van der Waals surface area contributed by atoms with E-state index in [1.165, 1.54) is 12.5 Å². The fourth-order valence-corrected chi connectivity index (χ4v) is 2.81. The zero-order valence-corrected chi connectivity index (χ0v) is 13.1. The number of carbonyl (C=O) groups is 1. The van der Waals surface area contributed by atoms with Crippen molar-refractivity contribution in [2.24, 2.45) is 0 Å². The van der Waals surface area contributed by atoms with Crippen molar-refractivity contribution in [3.63, 3.8) is 0 Å². The monoisotopic (exact) mass is 342 g/mol. The number of amides is 1. The van der Waals surface area contributed by atoms with Gasteiger partial charge in [0, 0.05) is 32.6 Å². The summed E-state index contributed by atoms with van der Waals surface area (Å²) in [5.74, 6) is -0.0378. The molecule has 1 fully saturated rings. The van der Waals surface area contributed by atoms with Crippen LogP contribution in [0, 0.1) is 5.82 Å². The topological polar surface area (TPSA) is 32.3 Å². The van der Waals surface area contributed by atoms with Gasteiger partial charge in [-0.05, 0) is 46.8 Å². The highest BCUT2D eigenvalue weighted by Crippen LogP contribution is 2.20. The van der Waals surface area contributed by atoms with Crippen LogP contribution in [-0.4, -0.2) is 30.4 Å². The zero-order valence-electron chi connectivity index (χ0n) is 11.5. The predicted octanol–water partition coefficient (Wildman–Crippen LogP) is 3.08. The van der Waals surface area contributed by atoms with Gasteiger partial charge in [-0.1, -0.05) is 12.1 Å². The van der Waals surface area contributed by atoms with Gasteiger partial charge in [0.25, 0.3) is 0 Å². The van der Waals surface area contributed by atoms with E-state index in [0.29, 0.717) is 24.0 Å². The summed E-state index contributed by atoms with van der Waals surface area (Å²) < 4.78 is 13.8. The number of halogens is 2. The quantitative estimate of drug-likeness (QED) is 0.834. The van der Waals surface area contributed by atoms with Gasteiger partial charge in [0.15, 0.2) is 0 Å². The number of nitrogens with zero attached hydrogens (tertiary/aromatic N) is 1. The van der Waals surface area contributed by atoms with E-state index in [0.717, 1.165) is 31.5 Å². The molecule has 0 spiro atoms. The summed E-state index contributed by atoms with van der Waals surface area (Å²) in [6, 6.07) is 4.98. The number of benzene rings is 1. The van der Waals surface area contributed by atoms with Crippen LogP contribution >= 0.6 is 15.9 Å². The highest BCUT2D eigenvalue weighted by Gasteiger charge is 2.15. The highest BCUT2D eigenvalue weighted by molar-refractivity contribution is 9.10. The van der Waals surface area contributed by atoms with Gasteiger partial charge < -0.3 is 10.2 Å². The molecule has 0 saturated carbocycles. The van der Waals surface area contributed by atoms with E-state index >= 15 is 0 Å². The Morgan fingerprint density at radius 3 is 2.80 bits per heavy atom. The Morgan fingerprint density at radius 1 is 1.30 bits per heavy atom. The van der Waals surface area contributed by atoms with Crippen LogP contribution in [0.25, 0.3) is 0 Å². The van der Waals surface area contributed by atoms with Gasteiger partial charge in [-0.2, -0.15) is 0 Å². The van der Waals surface area contributed by atoms with Gasteiger partial charge in [0.2, 0.25) is 5.91 Å². The summed E-state index contributed by atoms with van der Waals surface area (Å²) >= 11 is 3.23. The Balaban J connectivity index is 1.70. The molecule has 1 aliphatic rings. The fourth-order valence-electron chi connectivity index (χ4n) is 2.40. The lowest BCUT2D eigenvalue weighted by Crippen LogP contribution is -2.37. The summed E-state index contributed by atoms with van der Waals surface area (Å²) in [6.07, 6.45) is 3.98. The summed E-state index contributed by atoms with van der Waals surface area (Å²) in [7, 11) is 0. The molecule has 20 heavy (non-hydrogen) atoms. The molecule has 3 nitrogen and oxygen atoms in total. The Kier molecular flexibility index (Phi) is 5.98. The molecule has 1 N–H and O–H groups in total. The normalized spacial score (nSPS) is 15.4. The first kappa shape index (κ1) is 15.4. The average Bonchev–Trinajstić information content (AvgIpc) is 2.48. The third kappa shape index (κ3) is 4.28. The minimum absolute atomic E-state index is 0.218. The highest BCUT2D eigenvalue weighted by atomic mass is 79.9. The molecule has 1 aromatic rings. The summed E-state index contributed by atoms with van der Waals surface area (Å²) in [4.78, 5) is 13.9.